The number of aliphatic hydroxyl groups excluding tert-OH is 1. The maximum atomic E-state index is 12.5. The summed E-state index contributed by atoms with van der Waals surface area (Å²) in [6, 6.07) is -0.209. The van der Waals surface area contributed by atoms with Gasteiger partial charge in [0.1, 0.15) is 59.1 Å². The van der Waals surface area contributed by atoms with Gasteiger partial charge in [-0.2, -0.15) is 0 Å². The van der Waals surface area contributed by atoms with Gasteiger partial charge in [-0.1, -0.05) is 65.8 Å². The normalized spacial score (nSPS) is 30.2. The van der Waals surface area contributed by atoms with E-state index in [1.165, 1.54) is 19.1 Å². The summed E-state index contributed by atoms with van der Waals surface area (Å²) in [4.78, 5) is 115. The first-order valence-electron chi connectivity index (χ1n) is 35.7. The van der Waals surface area contributed by atoms with Crippen LogP contribution < -0.4 is 16.0 Å². The Bertz CT molecular complexity index is 2740. The second-order valence-electron chi connectivity index (χ2n) is 30.0. The van der Waals surface area contributed by atoms with Gasteiger partial charge in [0, 0.05) is 23.9 Å². The second-order valence-corrected chi connectivity index (χ2v) is 30.0. The zero-order valence-corrected chi connectivity index (χ0v) is 61.6. The zero-order chi connectivity index (χ0) is 74.2. The molecule has 10 rings (SSSR count). The molecule has 10 heterocycles. The molecular formula is C73H123N9O17. The molecule has 7 N–H and O–H groups in total. The third-order valence-electron chi connectivity index (χ3n) is 21.3. The lowest BCUT2D eigenvalue weighted by atomic mass is 9.85. The van der Waals surface area contributed by atoms with Crippen LogP contribution in [-0.4, -0.2) is 256 Å². The van der Waals surface area contributed by atoms with Crippen LogP contribution in [0, 0.1) is 10.8 Å². The molecule has 10 aliphatic rings. The summed E-state index contributed by atoms with van der Waals surface area (Å²) in [5.74, 6) is -3.32. The van der Waals surface area contributed by atoms with E-state index in [9.17, 15) is 53.4 Å². The fourth-order valence-corrected chi connectivity index (χ4v) is 15.4. The molecule has 1 unspecified atom stereocenters. The number of rotatable bonds is 20. The van der Waals surface area contributed by atoms with Crippen molar-refractivity contribution in [1.82, 2.24) is 45.3 Å². The minimum Gasteiger partial charge on any atom is -0.480 e. The highest BCUT2D eigenvalue weighted by Gasteiger charge is 2.60. The lowest BCUT2D eigenvalue weighted by Crippen LogP contribution is -2.62. The summed E-state index contributed by atoms with van der Waals surface area (Å²) in [5, 5.41) is 45.0. The number of aliphatic hydroxyl groups is 1. The first-order chi connectivity index (χ1) is 46.6. The first-order valence-corrected chi connectivity index (χ1v) is 35.7. The Hall–Kier alpha value is -6.13. The number of amides is 2. The van der Waals surface area contributed by atoms with Crippen LogP contribution in [0.25, 0.3) is 0 Å². The molecule has 0 aromatic heterocycles. The molecule has 0 aromatic carbocycles. The minimum atomic E-state index is -0.878. The smallest absolute Gasteiger partial charge is 0.328 e. The third-order valence-corrected chi connectivity index (χ3v) is 21.3. The number of likely N-dealkylation sites (tertiary alicyclic amines) is 4. The monoisotopic (exact) mass is 1400 g/mol. The van der Waals surface area contributed by atoms with Crippen molar-refractivity contribution < 1.29 is 82.5 Å². The van der Waals surface area contributed by atoms with Gasteiger partial charge >= 0.3 is 41.8 Å². The molecule has 10 fully saturated rings. The lowest BCUT2D eigenvalue weighted by molar-refractivity contribution is -0.168. The predicted molar refractivity (Wildman–Crippen MR) is 376 cm³/mol. The molecule has 10 saturated heterocycles. The van der Waals surface area contributed by atoms with E-state index in [0.29, 0.717) is 25.7 Å². The van der Waals surface area contributed by atoms with E-state index in [1.807, 2.05) is 43.1 Å². The molecule has 0 aromatic rings. The molecule has 562 valence electrons. The number of cyclic esters (lactones) is 2. The van der Waals surface area contributed by atoms with Crippen LogP contribution in [0.4, 0.5) is 0 Å². The third kappa shape index (κ3) is 21.7. The fourth-order valence-electron chi connectivity index (χ4n) is 15.4. The summed E-state index contributed by atoms with van der Waals surface area (Å²) in [7, 11) is 8.36. The number of esters is 4. The summed E-state index contributed by atoms with van der Waals surface area (Å²) in [6.07, 6.45) is 26.6. The highest BCUT2D eigenvalue weighted by molar-refractivity contribution is 5.91. The number of aliphatic carboxylic acids is 3. The van der Waals surface area contributed by atoms with Crippen molar-refractivity contribution in [2.24, 2.45) is 10.8 Å². The van der Waals surface area contributed by atoms with Crippen molar-refractivity contribution in [1.29, 1.82) is 0 Å². The maximum Gasteiger partial charge on any atom is 0.328 e. The number of carbonyl (C=O) groups excluding carboxylic acids is 6. The van der Waals surface area contributed by atoms with Crippen molar-refractivity contribution in [2.45, 2.75) is 254 Å². The van der Waals surface area contributed by atoms with Gasteiger partial charge in [-0.25, -0.2) is 4.79 Å². The number of carbonyl (C=O) groups is 9. The Morgan fingerprint density at radius 1 is 0.606 bits per heavy atom. The number of fused-ring (bicyclic) bond motifs is 2. The number of carboxylic acids is 3. The van der Waals surface area contributed by atoms with Crippen LogP contribution in [0.1, 0.15) is 196 Å². The average Bonchev–Trinajstić information content (AvgIpc) is 1.66. The summed E-state index contributed by atoms with van der Waals surface area (Å²) >= 11 is 0. The number of allylic oxidation sites excluding steroid dienone is 4. The van der Waals surface area contributed by atoms with Crippen LogP contribution in [0.2, 0.25) is 0 Å². The standard InChI is InChI=1S/C14H23NO2.C13H22N2O3.C12H20N2O4.2C10H17NO2.C9H15NO2.C5H9NO2/c1-5-6-8-14-9-7-10-15(14)11(13(2,3)4)17-12(14)16;1-4-5-7-13(8-6-9-15(13)2)12(17)14-10-11(16)18-3;1-13-7-3-5-12(13)6-4-9(15)14(11(12)17)8-10(16)18-2;1-10(2,3)9-11-6-4-5-7(11)8(12)13-9;1-3-4-6-10(9(12)13)7-5-8-11(10)2;1-2-3-5-9(8(11)12)6-4-7-10-9;7-5(8)4-2-1-3-6-4/h5,11H,1,6-10H2,2-4H3;4H,1,5-10H2,2-3H3,(H,14,17);9,15H,3-8H2,1-2H3;7,9H,4-6H2,1-3H3;3H,1,4-8H2,2H3,(H,12,13);2,10H,1,3-7H2,(H,11,12);4,6H,1-3H2,(H,7,8)/t11-,14+;13-;9?,12-;7-,9+;10-;9-;4-/m1010000/s1. The van der Waals surface area contributed by atoms with Crippen LogP contribution in [0.5, 0.6) is 0 Å². The van der Waals surface area contributed by atoms with Gasteiger partial charge in [0.15, 0.2) is 12.5 Å². The van der Waals surface area contributed by atoms with Crippen molar-refractivity contribution >= 4 is 53.6 Å². The molecule has 1 spiro atoms. The predicted octanol–water partition coefficient (Wildman–Crippen LogP) is 6.85. The molecule has 10 atom stereocenters. The fraction of sp³-hybridized carbons (Fsp3) is 0.767. The Kier molecular flexibility index (Phi) is 33.4. The van der Waals surface area contributed by atoms with Crippen molar-refractivity contribution in [3.63, 3.8) is 0 Å². The van der Waals surface area contributed by atoms with E-state index in [0.717, 1.165) is 174 Å². The number of nitrogens with zero attached hydrogens (tertiary/aromatic N) is 6. The molecule has 0 bridgehead atoms. The van der Waals surface area contributed by atoms with Crippen LogP contribution in [0.3, 0.4) is 0 Å². The van der Waals surface area contributed by atoms with E-state index in [4.69, 9.17) is 19.7 Å². The largest absolute Gasteiger partial charge is 0.480 e. The zero-order valence-electron chi connectivity index (χ0n) is 61.6. The first kappa shape index (κ1) is 85.3. The SMILES string of the molecule is C=CCC[C@@]1(C(=O)NCC(=O)OC)CCCN1C.C=CCC[C@@]1(C(=O)O)CCCN1.C=CCC[C@@]1(C(=O)O)CCCN1C.C=CCC[C@@]12CCCN1[C@@H](C(C)(C)C)OC2=O.CC(C)(C)[C@H]1OC(=O)[C@@H]2CCCN21.COC(=O)CN1C(=O)[C@@]2(CCCN2C)CCC1O.O=C(O)[C@@H]1CCCN1. The van der Waals surface area contributed by atoms with Gasteiger partial charge in [0.25, 0.3) is 0 Å². The van der Waals surface area contributed by atoms with Crippen molar-refractivity contribution in [2.75, 3.05) is 94.3 Å². The van der Waals surface area contributed by atoms with E-state index < -0.39 is 58.2 Å². The van der Waals surface area contributed by atoms with Crippen LogP contribution in [0.15, 0.2) is 50.6 Å². The summed E-state index contributed by atoms with van der Waals surface area (Å²) in [5.41, 5.74) is -2.63. The summed E-state index contributed by atoms with van der Waals surface area (Å²) < 4.78 is 20.1. The van der Waals surface area contributed by atoms with Crippen LogP contribution >= 0.6 is 0 Å². The van der Waals surface area contributed by atoms with Crippen molar-refractivity contribution in [3.05, 3.63) is 50.6 Å². The van der Waals surface area contributed by atoms with Gasteiger partial charge in [0.2, 0.25) is 11.8 Å². The molecule has 0 radical (unpaired) electrons. The molecule has 2 amide bonds. The van der Waals surface area contributed by atoms with E-state index >= 15 is 0 Å². The molecule has 26 nitrogen and oxygen atoms in total. The lowest BCUT2D eigenvalue weighted by Gasteiger charge is -2.45. The van der Waals surface area contributed by atoms with Gasteiger partial charge in [-0.05, 0) is 208 Å². The number of methoxy groups -OCH3 is 2. The highest BCUT2D eigenvalue weighted by atomic mass is 16.6. The minimum absolute atomic E-state index is 0.00694. The molecule has 0 saturated carbocycles. The number of nitrogens with one attached hydrogen (secondary N) is 3. The molecule has 0 aliphatic carbocycles. The Morgan fingerprint density at radius 2 is 1.16 bits per heavy atom. The van der Waals surface area contributed by atoms with Crippen molar-refractivity contribution in [3.8, 4) is 0 Å². The number of carboxylic acid groups (broad SMARTS) is 3. The van der Waals surface area contributed by atoms with Gasteiger partial charge in [-0.3, -0.25) is 62.9 Å². The molecular weight excluding hydrogens is 1270 g/mol. The van der Waals surface area contributed by atoms with E-state index in [-0.39, 0.29) is 77.8 Å². The number of ether oxygens (including phenoxy) is 4. The topological polar surface area (TPSA) is 327 Å². The van der Waals surface area contributed by atoms with Gasteiger partial charge < -0.3 is 60.2 Å². The van der Waals surface area contributed by atoms with Gasteiger partial charge in [0.05, 0.1) is 14.2 Å². The quantitative estimate of drug-likeness (QED) is 0.0372. The van der Waals surface area contributed by atoms with E-state index in [1.54, 1.807) is 12.2 Å². The second kappa shape index (κ2) is 38.8. The molecule has 10 aliphatic heterocycles. The number of hydrogen-bond acceptors (Lipinski definition) is 21. The highest BCUT2D eigenvalue weighted by Crippen LogP contribution is 2.47. The maximum absolute atomic E-state index is 12.5. The van der Waals surface area contributed by atoms with Crippen LogP contribution in [-0.2, 0) is 62.1 Å². The Labute approximate surface area is 589 Å². The number of hydrogen-bond donors (Lipinski definition) is 7. The summed E-state index contributed by atoms with van der Waals surface area (Å²) in [6.45, 7) is 33.5. The number of piperidine rings is 1. The number of likely N-dealkylation sites (N-methyl/N-ethyl adjacent to an activating group) is 3. The molecule has 99 heavy (non-hydrogen) atoms. The van der Waals surface area contributed by atoms with Gasteiger partial charge in [-0.15, -0.1) is 26.3 Å². The molecule has 26 heteroatoms. The Balaban J connectivity index is 0.000000248. The Morgan fingerprint density at radius 3 is 1.64 bits per heavy atom. The average molecular weight is 1400 g/mol. The van der Waals surface area contributed by atoms with E-state index in [2.05, 4.69) is 108 Å².